The van der Waals surface area contributed by atoms with E-state index in [4.69, 9.17) is 4.42 Å². The highest BCUT2D eigenvalue weighted by Crippen LogP contribution is 1.95. The Morgan fingerprint density at radius 1 is 1.07 bits per heavy atom. The molecule has 0 aromatic carbocycles. The van der Waals surface area contributed by atoms with E-state index >= 15 is 0 Å². The standard InChI is InChI=1S/C7H8O2.C3H8.C2H6/c1-5-3-7(8)4-6(2)9-5;1-3-2;1-2/h3-4H,1-2H3;3H2,1-2H3;1-2H3. The summed E-state index contributed by atoms with van der Waals surface area (Å²) in [6.07, 6.45) is 1.25. The summed E-state index contributed by atoms with van der Waals surface area (Å²) in [4.78, 5) is 10.7. The minimum atomic E-state index is 0.0104. The smallest absolute Gasteiger partial charge is 0.185 e. The second-order valence-corrected chi connectivity index (χ2v) is 2.72. The molecule has 1 aromatic rings. The molecule has 0 unspecified atom stereocenters. The van der Waals surface area contributed by atoms with Crippen molar-refractivity contribution in [3.8, 4) is 0 Å². The number of hydrogen-bond donors (Lipinski definition) is 0. The van der Waals surface area contributed by atoms with Crippen LogP contribution in [0.15, 0.2) is 21.3 Å². The molecule has 2 heteroatoms. The monoisotopic (exact) mass is 198 g/mol. The molecule has 0 atom stereocenters. The van der Waals surface area contributed by atoms with Crippen LogP contribution in [0.4, 0.5) is 0 Å². The van der Waals surface area contributed by atoms with Crippen molar-refractivity contribution in [1.82, 2.24) is 0 Å². The molecular weight excluding hydrogens is 176 g/mol. The van der Waals surface area contributed by atoms with E-state index in [0.717, 1.165) is 0 Å². The average molecular weight is 198 g/mol. The summed E-state index contributed by atoms with van der Waals surface area (Å²) in [7, 11) is 0. The zero-order chi connectivity index (χ0) is 11.6. The van der Waals surface area contributed by atoms with Crippen LogP contribution in [0, 0.1) is 13.8 Å². The number of rotatable bonds is 0. The molecule has 0 spiro atoms. The van der Waals surface area contributed by atoms with Crippen molar-refractivity contribution in [3.63, 3.8) is 0 Å². The van der Waals surface area contributed by atoms with Crippen LogP contribution in [0.1, 0.15) is 45.6 Å². The normalized spacial score (nSPS) is 7.86. The Kier molecular flexibility index (Phi) is 11.1. The van der Waals surface area contributed by atoms with Gasteiger partial charge in [-0.1, -0.05) is 34.1 Å². The Morgan fingerprint density at radius 3 is 1.57 bits per heavy atom. The predicted molar refractivity (Wildman–Crippen MR) is 61.8 cm³/mol. The zero-order valence-electron chi connectivity index (χ0n) is 10.2. The Labute approximate surface area is 87.0 Å². The lowest BCUT2D eigenvalue weighted by molar-refractivity contribution is 0.484. The van der Waals surface area contributed by atoms with Gasteiger partial charge in [0.15, 0.2) is 5.43 Å². The van der Waals surface area contributed by atoms with Crippen LogP contribution in [-0.2, 0) is 0 Å². The average Bonchev–Trinajstić information content (AvgIpc) is 2.06. The molecule has 0 saturated heterocycles. The maximum Gasteiger partial charge on any atom is 0.185 e. The fourth-order valence-electron chi connectivity index (χ4n) is 0.755. The van der Waals surface area contributed by atoms with Crippen LogP contribution in [0.2, 0.25) is 0 Å². The Balaban J connectivity index is 0. The van der Waals surface area contributed by atoms with Gasteiger partial charge in [-0.25, -0.2) is 0 Å². The fraction of sp³-hybridized carbons (Fsp3) is 0.583. The van der Waals surface area contributed by atoms with E-state index in [2.05, 4.69) is 13.8 Å². The van der Waals surface area contributed by atoms with E-state index in [1.54, 1.807) is 13.8 Å². The molecule has 1 heterocycles. The molecule has 1 rings (SSSR count). The molecule has 0 bridgehead atoms. The van der Waals surface area contributed by atoms with Gasteiger partial charge in [0, 0.05) is 12.1 Å². The quantitative estimate of drug-likeness (QED) is 0.636. The predicted octanol–water partition coefficient (Wildman–Crippen LogP) is 3.70. The second kappa shape index (κ2) is 10.0. The van der Waals surface area contributed by atoms with Crippen molar-refractivity contribution in [2.75, 3.05) is 0 Å². The van der Waals surface area contributed by atoms with Crippen molar-refractivity contribution in [3.05, 3.63) is 33.9 Å². The number of hydrogen-bond acceptors (Lipinski definition) is 2. The lowest BCUT2D eigenvalue weighted by Crippen LogP contribution is -1.97. The number of aryl methyl sites for hydroxylation is 2. The van der Waals surface area contributed by atoms with Crippen LogP contribution in [0.25, 0.3) is 0 Å². The first kappa shape index (κ1) is 15.4. The topological polar surface area (TPSA) is 30.2 Å². The van der Waals surface area contributed by atoms with Gasteiger partial charge in [0.05, 0.1) is 0 Å². The molecule has 0 aliphatic heterocycles. The van der Waals surface area contributed by atoms with Gasteiger partial charge in [0.1, 0.15) is 11.5 Å². The minimum Gasteiger partial charge on any atom is -0.466 e. The van der Waals surface area contributed by atoms with Crippen molar-refractivity contribution in [2.24, 2.45) is 0 Å². The largest absolute Gasteiger partial charge is 0.466 e. The van der Waals surface area contributed by atoms with Crippen LogP contribution in [0.3, 0.4) is 0 Å². The summed E-state index contributed by atoms with van der Waals surface area (Å²) < 4.78 is 5.06. The van der Waals surface area contributed by atoms with Crippen molar-refractivity contribution < 1.29 is 4.42 Å². The summed E-state index contributed by atoms with van der Waals surface area (Å²) in [5.74, 6) is 1.33. The Morgan fingerprint density at radius 2 is 1.36 bits per heavy atom. The summed E-state index contributed by atoms with van der Waals surface area (Å²) in [5.41, 5.74) is 0.0104. The summed E-state index contributed by atoms with van der Waals surface area (Å²) >= 11 is 0. The van der Waals surface area contributed by atoms with Gasteiger partial charge in [0.25, 0.3) is 0 Å². The van der Waals surface area contributed by atoms with Crippen molar-refractivity contribution in [1.29, 1.82) is 0 Å². The molecule has 0 amide bonds. The Bertz CT molecular complexity index is 251. The summed E-state index contributed by atoms with van der Waals surface area (Å²) in [5, 5.41) is 0. The molecule has 0 aliphatic rings. The molecule has 0 fully saturated rings. The van der Waals surface area contributed by atoms with Gasteiger partial charge in [0.2, 0.25) is 0 Å². The van der Waals surface area contributed by atoms with Crippen molar-refractivity contribution >= 4 is 0 Å². The van der Waals surface area contributed by atoms with Gasteiger partial charge in [-0.05, 0) is 13.8 Å². The van der Waals surface area contributed by atoms with Gasteiger partial charge < -0.3 is 4.42 Å². The molecule has 0 N–H and O–H groups in total. The van der Waals surface area contributed by atoms with E-state index < -0.39 is 0 Å². The fourth-order valence-corrected chi connectivity index (χ4v) is 0.755. The van der Waals surface area contributed by atoms with Gasteiger partial charge >= 0.3 is 0 Å². The molecule has 82 valence electrons. The van der Waals surface area contributed by atoms with E-state index in [1.807, 2.05) is 13.8 Å². The van der Waals surface area contributed by atoms with E-state index in [1.165, 1.54) is 18.6 Å². The lowest BCUT2D eigenvalue weighted by atomic mass is 10.4. The van der Waals surface area contributed by atoms with E-state index in [-0.39, 0.29) is 5.43 Å². The molecule has 14 heavy (non-hydrogen) atoms. The third kappa shape index (κ3) is 9.04. The minimum absolute atomic E-state index is 0.0104. The first-order valence-electron chi connectivity index (χ1n) is 5.18. The molecule has 1 aromatic heterocycles. The highest BCUT2D eigenvalue weighted by Gasteiger charge is 1.90. The highest BCUT2D eigenvalue weighted by atomic mass is 16.3. The van der Waals surface area contributed by atoms with E-state index in [9.17, 15) is 4.79 Å². The molecular formula is C12H22O2. The lowest BCUT2D eigenvalue weighted by Gasteiger charge is -1.91. The summed E-state index contributed by atoms with van der Waals surface area (Å²) in [6, 6.07) is 2.93. The van der Waals surface area contributed by atoms with Crippen LogP contribution in [-0.4, -0.2) is 0 Å². The summed E-state index contributed by atoms with van der Waals surface area (Å²) in [6.45, 7) is 11.8. The molecule has 0 aliphatic carbocycles. The van der Waals surface area contributed by atoms with Crippen molar-refractivity contribution in [2.45, 2.75) is 48.0 Å². The third-order valence-corrected chi connectivity index (χ3v) is 1.01. The van der Waals surface area contributed by atoms with Crippen LogP contribution in [0.5, 0.6) is 0 Å². The van der Waals surface area contributed by atoms with Gasteiger partial charge in [-0.3, -0.25) is 4.79 Å². The van der Waals surface area contributed by atoms with Crippen LogP contribution < -0.4 is 5.43 Å². The third-order valence-electron chi connectivity index (χ3n) is 1.01. The molecule has 2 nitrogen and oxygen atoms in total. The zero-order valence-corrected chi connectivity index (χ0v) is 10.2. The molecule has 0 saturated carbocycles. The highest BCUT2D eigenvalue weighted by molar-refractivity contribution is 5.03. The Hall–Kier alpha value is -1.05. The maximum atomic E-state index is 10.7. The van der Waals surface area contributed by atoms with E-state index in [0.29, 0.717) is 11.5 Å². The SMILES string of the molecule is CC.CCC.Cc1cc(=O)cc(C)o1. The molecule has 0 radical (unpaired) electrons. The second-order valence-electron chi connectivity index (χ2n) is 2.72. The first-order valence-corrected chi connectivity index (χ1v) is 5.18. The maximum absolute atomic E-state index is 10.7. The van der Waals surface area contributed by atoms with Crippen LogP contribution >= 0.6 is 0 Å². The van der Waals surface area contributed by atoms with Gasteiger partial charge in [-0.2, -0.15) is 0 Å². The van der Waals surface area contributed by atoms with Gasteiger partial charge in [-0.15, -0.1) is 0 Å². The first-order chi connectivity index (χ1) is 6.60.